The third-order valence-electron chi connectivity index (χ3n) is 6.88. The first-order valence-corrected chi connectivity index (χ1v) is 12.3. The van der Waals surface area contributed by atoms with Crippen molar-refractivity contribution in [2.24, 2.45) is 0 Å². The molecule has 2 amide bonds. The van der Waals surface area contributed by atoms with Gasteiger partial charge in [-0.2, -0.15) is 0 Å². The van der Waals surface area contributed by atoms with Crippen LogP contribution in [0.15, 0.2) is 52.9 Å². The molecule has 2 N–H and O–H groups in total. The molecule has 0 bridgehead atoms. The fourth-order valence-electron chi connectivity index (χ4n) is 4.82. The SMILES string of the molecule is COc1ccc(CN2CCC(NC(=O)c3cc4cc(C(=O)N5CCNCC5)ccc4o3)CC2)cc1. The van der Waals surface area contributed by atoms with Gasteiger partial charge in [0.1, 0.15) is 11.3 Å². The summed E-state index contributed by atoms with van der Waals surface area (Å²) >= 11 is 0. The highest BCUT2D eigenvalue weighted by Gasteiger charge is 2.23. The molecule has 0 radical (unpaired) electrons. The van der Waals surface area contributed by atoms with Crippen molar-refractivity contribution in [1.29, 1.82) is 0 Å². The highest BCUT2D eigenvalue weighted by molar-refractivity contribution is 6.00. The van der Waals surface area contributed by atoms with Crippen LogP contribution in [0.2, 0.25) is 0 Å². The highest BCUT2D eigenvalue weighted by atomic mass is 16.5. The molecule has 0 unspecified atom stereocenters. The first-order chi connectivity index (χ1) is 17.1. The Morgan fingerprint density at radius 3 is 2.49 bits per heavy atom. The molecule has 184 valence electrons. The van der Waals surface area contributed by atoms with Gasteiger partial charge in [0, 0.05) is 62.8 Å². The topological polar surface area (TPSA) is 87.0 Å². The van der Waals surface area contributed by atoms with E-state index in [0.29, 0.717) is 24.2 Å². The van der Waals surface area contributed by atoms with E-state index in [1.165, 1.54) is 5.56 Å². The Morgan fingerprint density at radius 2 is 1.77 bits per heavy atom. The fourth-order valence-corrected chi connectivity index (χ4v) is 4.82. The monoisotopic (exact) mass is 476 g/mol. The first-order valence-electron chi connectivity index (χ1n) is 12.3. The van der Waals surface area contributed by atoms with Crippen LogP contribution in [-0.2, 0) is 6.54 Å². The molecular formula is C27H32N4O4. The van der Waals surface area contributed by atoms with Gasteiger partial charge in [0.05, 0.1) is 7.11 Å². The third-order valence-corrected chi connectivity index (χ3v) is 6.88. The van der Waals surface area contributed by atoms with Gasteiger partial charge in [-0.05, 0) is 54.8 Å². The van der Waals surface area contributed by atoms with Crippen LogP contribution >= 0.6 is 0 Å². The van der Waals surface area contributed by atoms with E-state index in [1.54, 1.807) is 25.3 Å². The number of carbonyl (C=O) groups excluding carboxylic acids is 2. The molecule has 2 aliphatic rings. The molecule has 0 aliphatic carbocycles. The number of piperidine rings is 1. The Labute approximate surface area is 205 Å². The number of furan rings is 1. The van der Waals surface area contributed by atoms with E-state index >= 15 is 0 Å². The number of rotatable bonds is 6. The van der Waals surface area contributed by atoms with E-state index in [-0.39, 0.29) is 23.6 Å². The quantitative estimate of drug-likeness (QED) is 0.569. The van der Waals surface area contributed by atoms with E-state index in [4.69, 9.17) is 9.15 Å². The van der Waals surface area contributed by atoms with E-state index in [2.05, 4.69) is 27.7 Å². The van der Waals surface area contributed by atoms with E-state index in [1.807, 2.05) is 23.1 Å². The molecule has 0 spiro atoms. The number of likely N-dealkylation sites (tertiary alicyclic amines) is 1. The molecule has 35 heavy (non-hydrogen) atoms. The van der Waals surface area contributed by atoms with Gasteiger partial charge in [-0.3, -0.25) is 14.5 Å². The summed E-state index contributed by atoms with van der Waals surface area (Å²) in [6, 6.07) is 15.4. The van der Waals surface area contributed by atoms with Gasteiger partial charge in [0.25, 0.3) is 11.8 Å². The molecule has 3 heterocycles. The zero-order chi connectivity index (χ0) is 24.2. The number of hydrogen-bond donors (Lipinski definition) is 2. The summed E-state index contributed by atoms with van der Waals surface area (Å²) in [5, 5.41) is 7.15. The summed E-state index contributed by atoms with van der Waals surface area (Å²) in [6.45, 7) is 5.77. The molecule has 2 saturated heterocycles. The van der Waals surface area contributed by atoms with Crippen molar-refractivity contribution in [3.8, 4) is 5.75 Å². The van der Waals surface area contributed by atoms with Crippen molar-refractivity contribution in [1.82, 2.24) is 20.4 Å². The normalized spacial score (nSPS) is 17.5. The van der Waals surface area contributed by atoms with E-state index < -0.39 is 0 Å². The molecule has 2 aliphatic heterocycles. The number of ether oxygens (including phenoxy) is 1. The predicted octanol–water partition coefficient (Wildman–Crippen LogP) is 2.88. The molecule has 2 fully saturated rings. The van der Waals surface area contributed by atoms with Gasteiger partial charge >= 0.3 is 0 Å². The molecule has 1 aromatic heterocycles. The van der Waals surface area contributed by atoms with Crippen LogP contribution < -0.4 is 15.4 Å². The largest absolute Gasteiger partial charge is 0.497 e. The standard InChI is InChI=1S/C27H32N4O4/c1-34-23-5-2-19(3-6-23)18-30-12-8-22(9-13-30)29-26(32)25-17-21-16-20(4-7-24(21)35-25)27(33)31-14-10-28-11-15-31/h2-7,16-17,22,28H,8-15,18H2,1H3,(H,29,32). The molecule has 0 atom stereocenters. The lowest BCUT2D eigenvalue weighted by atomic mass is 10.0. The Kier molecular flexibility index (Phi) is 7.01. The number of carbonyl (C=O) groups is 2. The second-order valence-corrected chi connectivity index (χ2v) is 9.28. The van der Waals surface area contributed by atoms with Crippen LogP contribution in [0, 0.1) is 0 Å². The number of methoxy groups -OCH3 is 1. The zero-order valence-electron chi connectivity index (χ0n) is 20.1. The first kappa shape index (κ1) is 23.4. The highest BCUT2D eigenvalue weighted by Crippen LogP contribution is 2.23. The smallest absolute Gasteiger partial charge is 0.287 e. The maximum absolute atomic E-state index is 12.9. The number of hydrogen-bond acceptors (Lipinski definition) is 6. The van der Waals surface area contributed by atoms with E-state index in [9.17, 15) is 9.59 Å². The van der Waals surface area contributed by atoms with Crippen molar-refractivity contribution in [3.05, 3.63) is 65.4 Å². The van der Waals surface area contributed by atoms with Crippen LogP contribution in [-0.4, -0.2) is 74.0 Å². The number of piperazine rings is 1. The molecule has 5 rings (SSSR count). The van der Waals surface area contributed by atoms with Crippen molar-refractivity contribution < 1.29 is 18.7 Å². The summed E-state index contributed by atoms with van der Waals surface area (Å²) < 4.78 is 11.0. The van der Waals surface area contributed by atoms with Crippen LogP contribution in [0.1, 0.15) is 39.3 Å². The van der Waals surface area contributed by atoms with Crippen molar-refractivity contribution in [2.45, 2.75) is 25.4 Å². The maximum atomic E-state index is 12.9. The number of nitrogens with one attached hydrogen (secondary N) is 2. The fraction of sp³-hybridized carbons (Fsp3) is 0.407. The minimum atomic E-state index is -0.204. The summed E-state index contributed by atoms with van der Waals surface area (Å²) in [5.74, 6) is 0.961. The molecule has 3 aromatic rings. The lowest BCUT2D eigenvalue weighted by molar-refractivity contribution is 0.0735. The Hall–Kier alpha value is -3.36. The Morgan fingerprint density at radius 1 is 1.03 bits per heavy atom. The van der Waals surface area contributed by atoms with Crippen LogP contribution in [0.3, 0.4) is 0 Å². The summed E-state index contributed by atoms with van der Waals surface area (Å²) in [7, 11) is 1.67. The zero-order valence-corrected chi connectivity index (χ0v) is 20.1. The van der Waals surface area contributed by atoms with Crippen molar-refractivity contribution >= 4 is 22.8 Å². The average molecular weight is 477 g/mol. The predicted molar refractivity (Wildman–Crippen MR) is 134 cm³/mol. The van der Waals surface area contributed by atoms with Gasteiger partial charge in [0.2, 0.25) is 0 Å². The minimum absolute atomic E-state index is 0.0157. The Bertz CT molecular complexity index is 1180. The minimum Gasteiger partial charge on any atom is -0.497 e. The molecular weight excluding hydrogens is 444 g/mol. The van der Waals surface area contributed by atoms with Gasteiger partial charge in [-0.15, -0.1) is 0 Å². The average Bonchev–Trinajstić information content (AvgIpc) is 3.34. The van der Waals surface area contributed by atoms with Gasteiger partial charge < -0.3 is 24.7 Å². The third kappa shape index (κ3) is 5.49. The summed E-state index contributed by atoms with van der Waals surface area (Å²) in [4.78, 5) is 29.9. The summed E-state index contributed by atoms with van der Waals surface area (Å²) in [5.41, 5.74) is 2.49. The number of amides is 2. The van der Waals surface area contributed by atoms with Crippen LogP contribution in [0.25, 0.3) is 11.0 Å². The molecule has 0 saturated carbocycles. The number of fused-ring (bicyclic) bond motifs is 1. The summed E-state index contributed by atoms with van der Waals surface area (Å²) in [6.07, 6.45) is 1.79. The maximum Gasteiger partial charge on any atom is 0.287 e. The lowest BCUT2D eigenvalue weighted by Gasteiger charge is -2.32. The van der Waals surface area contributed by atoms with Gasteiger partial charge in [-0.25, -0.2) is 0 Å². The van der Waals surface area contributed by atoms with Gasteiger partial charge in [0.15, 0.2) is 5.76 Å². The molecule has 2 aromatic carbocycles. The molecule has 8 nitrogen and oxygen atoms in total. The van der Waals surface area contributed by atoms with Crippen molar-refractivity contribution in [3.63, 3.8) is 0 Å². The molecule has 8 heteroatoms. The van der Waals surface area contributed by atoms with Gasteiger partial charge in [-0.1, -0.05) is 12.1 Å². The van der Waals surface area contributed by atoms with E-state index in [0.717, 1.165) is 56.7 Å². The van der Waals surface area contributed by atoms with Crippen LogP contribution in [0.5, 0.6) is 5.75 Å². The van der Waals surface area contributed by atoms with Crippen LogP contribution in [0.4, 0.5) is 0 Å². The number of benzene rings is 2. The van der Waals surface area contributed by atoms with Crippen molar-refractivity contribution in [2.75, 3.05) is 46.4 Å². The Balaban J connectivity index is 1.15. The second kappa shape index (κ2) is 10.5. The number of nitrogens with zero attached hydrogens (tertiary/aromatic N) is 2. The lowest BCUT2D eigenvalue weighted by Crippen LogP contribution is -2.46. The second-order valence-electron chi connectivity index (χ2n) is 9.28.